The number of aromatic nitrogens is 3. The van der Waals surface area contributed by atoms with E-state index < -0.39 is 0 Å². The second-order valence-electron chi connectivity index (χ2n) is 8.38. The lowest BCUT2D eigenvalue weighted by atomic mass is 9.95. The molecular weight excluding hydrogens is 464 g/mol. The second kappa shape index (κ2) is 8.26. The summed E-state index contributed by atoms with van der Waals surface area (Å²) < 4.78 is 6.93. The van der Waals surface area contributed by atoms with Crippen LogP contribution in [0.2, 0.25) is 5.02 Å². The van der Waals surface area contributed by atoms with Crippen LogP contribution in [0.3, 0.4) is 0 Å². The molecule has 164 valence electrons. The normalized spacial score (nSPS) is 15.1. The number of nitrogens with one attached hydrogen (secondary N) is 1. The van der Waals surface area contributed by atoms with Gasteiger partial charge in [0.05, 0.1) is 33.9 Å². The van der Waals surface area contributed by atoms with Crippen LogP contribution >= 0.6 is 34.7 Å². The van der Waals surface area contributed by atoms with Crippen LogP contribution in [0, 0.1) is 6.92 Å². The Balaban J connectivity index is 1.45. The molecule has 1 aliphatic heterocycles. The van der Waals surface area contributed by atoms with Gasteiger partial charge in [0.2, 0.25) is 5.91 Å². The fourth-order valence-corrected chi connectivity index (χ4v) is 5.99. The van der Waals surface area contributed by atoms with Gasteiger partial charge in [-0.3, -0.25) is 4.79 Å². The average molecular weight is 485 g/mol. The first-order valence-electron chi connectivity index (χ1n) is 10.2. The quantitative estimate of drug-likeness (QED) is 0.292. The van der Waals surface area contributed by atoms with E-state index in [1.54, 1.807) is 29.5 Å². The highest BCUT2D eigenvalue weighted by atomic mass is 35.5. The molecule has 1 aromatic carbocycles. The van der Waals surface area contributed by atoms with Crippen LogP contribution in [0.15, 0.2) is 35.4 Å². The zero-order valence-corrected chi connectivity index (χ0v) is 20.2. The summed E-state index contributed by atoms with van der Waals surface area (Å²) in [6.45, 7) is 6.60. The van der Waals surface area contributed by atoms with Crippen LogP contribution in [-0.2, 0) is 22.6 Å². The number of rotatable bonds is 4. The third-order valence-corrected chi connectivity index (χ3v) is 7.65. The lowest BCUT2D eigenvalue weighted by molar-refractivity contribution is -0.113. The predicted octanol–water partition coefficient (Wildman–Crippen LogP) is 5.78. The monoisotopic (exact) mass is 484 g/mol. The number of hydrogen-bond donors (Lipinski definition) is 1. The zero-order valence-electron chi connectivity index (χ0n) is 17.9. The smallest absolute Gasteiger partial charge is 0.234 e. The Bertz CT molecular complexity index is 1370. The first-order chi connectivity index (χ1) is 15.3. The number of thioether (sulfide) groups is 1. The maximum Gasteiger partial charge on any atom is 0.234 e. The molecule has 3 aromatic heterocycles. The van der Waals surface area contributed by atoms with Crippen LogP contribution in [0.4, 0.5) is 5.69 Å². The Labute approximate surface area is 198 Å². The van der Waals surface area contributed by atoms with Crippen molar-refractivity contribution in [2.75, 3.05) is 11.1 Å². The molecule has 4 heterocycles. The van der Waals surface area contributed by atoms with Crippen molar-refractivity contribution in [3.8, 4) is 0 Å². The predicted molar refractivity (Wildman–Crippen MR) is 131 cm³/mol. The molecule has 0 fully saturated rings. The molecule has 0 spiro atoms. The minimum atomic E-state index is -0.210. The molecule has 1 aliphatic rings. The van der Waals surface area contributed by atoms with Gasteiger partial charge in [-0.1, -0.05) is 29.4 Å². The Morgan fingerprint density at radius 2 is 2.12 bits per heavy atom. The van der Waals surface area contributed by atoms with Gasteiger partial charge in [0, 0.05) is 28.1 Å². The molecule has 4 aromatic rings. The van der Waals surface area contributed by atoms with Crippen molar-refractivity contribution in [1.82, 2.24) is 15.0 Å². The first kappa shape index (κ1) is 21.6. The number of benzene rings is 1. The van der Waals surface area contributed by atoms with Crippen molar-refractivity contribution in [3.63, 3.8) is 0 Å². The summed E-state index contributed by atoms with van der Waals surface area (Å²) in [5.41, 5.74) is 3.55. The molecule has 1 amide bonds. The summed E-state index contributed by atoms with van der Waals surface area (Å²) in [7, 11) is 0. The van der Waals surface area contributed by atoms with Gasteiger partial charge >= 0.3 is 0 Å². The summed E-state index contributed by atoms with van der Waals surface area (Å²) in [6, 6.07) is 9.26. The highest BCUT2D eigenvalue weighted by Crippen LogP contribution is 2.39. The summed E-state index contributed by atoms with van der Waals surface area (Å²) in [5.74, 6) is 0.791. The highest BCUT2D eigenvalue weighted by Gasteiger charge is 2.28. The molecule has 0 atom stereocenters. The van der Waals surface area contributed by atoms with E-state index in [1.165, 1.54) is 11.8 Å². The fraction of sp³-hybridized carbons (Fsp3) is 0.304. The molecule has 0 radical (unpaired) electrons. The third kappa shape index (κ3) is 4.32. The number of aryl methyl sites for hydroxylation is 1. The van der Waals surface area contributed by atoms with E-state index in [0.29, 0.717) is 23.1 Å². The number of hydrogen-bond acceptors (Lipinski definition) is 7. The van der Waals surface area contributed by atoms with Crippen molar-refractivity contribution in [2.24, 2.45) is 0 Å². The Hall–Kier alpha value is -2.26. The number of fused-ring (bicyclic) bond motifs is 4. The molecule has 9 heteroatoms. The Morgan fingerprint density at radius 1 is 1.28 bits per heavy atom. The van der Waals surface area contributed by atoms with E-state index in [1.807, 2.05) is 13.0 Å². The topological polar surface area (TPSA) is 77.0 Å². The van der Waals surface area contributed by atoms with Gasteiger partial charge in [-0.05, 0) is 45.0 Å². The molecule has 0 saturated heterocycles. The van der Waals surface area contributed by atoms with E-state index in [2.05, 4.69) is 30.2 Å². The number of nitrogens with zero attached hydrogens (tertiary/aromatic N) is 3. The molecule has 1 N–H and O–H groups in total. The SMILES string of the molecule is Cc1nc(SCC(=O)Nc2cccc(Cl)c2)c2sc3nc4c(cc3c2n1)COC(C)(C)C4. The number of ether oxygens (including phenoxy) is 1. The third-order valence-electron chi connectivity index (χ3n) is 5.22. The lowest BCUT2D eigenvalue weighted by Crippen LogP contribution is -2.32. The van der Waals surface area contributed by atoms with Gasteiger partial charge in [-0.2, -0.15) is 0 Å². The second-order valence-corrected chi connectivity index (χ2v) is 10.8. The molecule has 6 nitrogen and oxygen atoms in total. The van der Waals surface area contributed by atoms with Gasteiger partial charge in [0.1, 0.15) is 15.7 Å². The zero-order chi connectivity index (χ0) is 22.5. The average Bonchev–Trinajstić information content (AvgIpc) is 3.07. The van der Waals surface area contributed by atoms with Crippen molar-refractivity contribution >= 4 is 66.7 Å². The minimum absolute atomic E-state index is 0.115. The standard InChI is InChI=1S/C23H21ClN4O2S2/c1-12-25-19-16-7-13-10-30-23(2,3)9-17(13)28-21(16)32-20(19)22(26-12)31-11-18(29)27-15-6-4-5-14(24)8-15/h4-8H,9-11H2,1-3H3,(H,27,29). The van der Waals surface area contributed by atoms with Crippen molar-refractivity contribution in [3.05, 3.63) is 52.4 Å². The Morgan fingerprint density at radius 3 is 2.94 bits per heavy atom. The van der Waals surface area contributed by atoms with Crippen molar-refractivity contribution < 1.29 is 9.53 Å². The highest BCUT2D eigenvalue weighted by molar-refractivity contribution is 8.00. The fourth-order valence-electron chi connectivity index (χ4n) is 3.73. The van der Waals surface area contributed by atoms with E-state index >= 15 is 0 Å². The van der Waals surface area contributed by atoms with Crippen molar-refractivity contribution in [1.29, 1.82) is 0 Å². The van der Waals surface area contributed by atoms with E-state index in [-0.39, 0.29) is 17.3 Å². The number of pyridine rings is 1. The van der Waals surface area contributed by atoms with Crippen LogP contribution < -0.4 is 5.32 Å². The van der Waals surface area contributed by atoms with Crippen LogP contribution in [0.5, 0.6) is 0 Å². The number of carbonyl (C=O) groups excluding carboxylic acids is 1. The number of amides is 1. The number of anilines is 1. The number of halogens is 1. The van der Waals surface area contributed by atoms with Gasteiger partial charge in [-0.15, -0.1) is 11.3 Å². The summed E-state index contributed by atoms with van der Waals surface area (Å²) in [4.78, 5) is 27.7. The molecule has 0 aliphatic carbocycles. The van der Waals surface area contributed by atoms with Crippen LogP contribution in [-0.4, -0.2) is 32.2 Å². The summed E-state index contributed by atoms with van der Waals surface area (Å²) in [6.07, 6.45) is 0.780. The van der Waals surface area contributed by atoms with Gasteiger partial charge in [0.25, 0.3) is 0 Å². The van der Waals surface area contributed by atoms with E-state index in [9.17, 15) is 4.79 Å². The molecule has 0 unspecified atom stereocenters. The minimum Gasteiger partial charge on any atom is -0.370 e. The molecule has 32 heavy (non-hydrogen) atoms. The number of thiophene rings is 1. The molecule has 0 saturated carbocycles. The maximum atomic E-state index is 12.5. The summed E-state index contributed by atoms with van der Waals surface area (Å²) in [5, 5.41) is 5.27. The maximum absolute atomic E-state index is 12.5. The molecule has 5 rings (SSSR count). The van der Waals surface area contributed by atoms with Gasteiger partial charge < -0.3 is 10.1 Å². The van der Waals surface area contributed by atoms with Gasteiger partial charge in [0.15, 0.2) is 0 Å². The van der Waals surface area contributed by atoms with Crippen LogP contribution in [0.1, 0.15) is 30.9 Å². The molecular formula is C23H21ClN4O2S2. The number of carbonyl (C=O) groups is 1. The summed E-state index contributed by atoms with van der Waals surface area (Å²) >= 11 is 8.98. The molecule has 0 bridgehead atoms. The van der Waals surface area contributed by atoms with E-state index in [0.717, 1.165) is 43.1 Å². The van der Waals surface area contributed by atoms with Crippen molar-refractivity contribution in [2.45, 2.75) is 44.4 Å². The van der Waals surface area contributed by atoms with Gasteiger partial charge in [-0.25, -0.2) is 15.0 Å². The van der Waals surface area contributed by atoms with E-state index in [4.69, 9.17) is 26.3 Å². The lowest BCUT2D eigenvalue weighted by Gasteiger charge is -2.30. The Kier molecular flexibility index (Phi) is 5.57. The first-order valence-corrected chi connectivity index (χ1v) is 12.4. The van der Waals surface area contributed by atoms with Crippen LogP contribution in [0.25, 0.3) is 20.4 Å². The largest absolute Gasteiger partial charge is 0.370 e.